The number of likely N-dealkylation sites (tertiary alicyclic amines) is 1. The first-order valence-corrected chi connectivity index (χ1v) is 8.37. The van der Waals surface area contributed by atoms with Crippen LogP contribution in [0, 0.1) is 5.92 Å². The second-order valence-corrected chi connectivity index (χ2v) is 6.53. The van der Waals surface area contributed by atoms with Crippen molar-refractivity contribution in [2.24, 2.45) is 11.7 Å². The lowest BCUT2D eigenvalue weighted by Gasteiger charge is -2.31. The zero-order chi connectivity index (χ0) is 14.2. The molecule has 1 aliphatic heterocycles. The summed E-state index contributed by atoms with van der Waals surface area (Å²) < 4.78 is 0. The number of piperidine rings is 1. The highest BCUT2D eigenvalue weighted by molar-refractivity contribution is 7.09. The zero-order valence-corrected chi connectivity index (χ0v) is 12.8. The molecule has 1 aromatic rings. The number of amides is 1. The molecule has 1 amide bonds. The van der Waals surface area contributed by atoms with Gasteiger partial charge in [-0.2, -0.15) is 0 Å². The van der Waals surface area contributed by atoms with Crippen molar-refractivity contribution >= 4 is 17.2 Å². The van der Waals surface area contributed by atoms with Crippen molar-refractivity contribution in [1.29, 1.82) is 0 Å². The van der Waals surface area contributed by atoms with Crippen molar-refractivity contribution in [3.05, 3.63) is 22.4 Å². The Hall–Kier alpha value is -0.910. The molecule has 0 aliphatic carbocycles. The molecule has 0 bridgehead atoms. The molecule has 112 valence electrons. The van der Waals surface area contributed by atoms with Gasteiger partial charge in [0.05, 0.1) is 0 Å². The Morgan fingerprint density at radius 1 is 1.45 bits per heavy atom. The van der Waals surface area contributed by atoms with Crippen LogP contribution in [0.25, 0.3) is 0 Å². The van der Waals surface area contributed by atoms with Crippen molar-refractivity contribution < 1.29 is 4.79 Å². The van der Waals surface area contributed by atoms with Crippen LogP contribution < -0.4 is 11.1 Å². The summed E-state index contributed by atoms with van der Waals surface area (Å²) in [6, 6.07) is 4.32. The van der Waals surface area contributed by atoms with Gasteiger partial charge >= 0.3 is 0 Å². The van der Waals surface area contributed by atoms with E-state index in [0.29, 0.717) is 18.9 Å². The van der Waals surface area contributed by atoms with Gasteiger partial charge in [0.15, 0.2) is 0 Å². The molecule has 2 heterocycles. The number of nitrogens with one attached hydrogen (secondary N) is 1. The minimum Gasteiger partial charge on any atom is -0.356 e. The summed E-state index contributed by atoms with van der Waals surface area (Å²) in [5.74, 6) is 0.785. The van der Waals surface area contributed by atoms with Crippen LogP contribution in [0.15, 0.2) is 17.5 Å². The number of carbonyl (C=O) groups is 1. The van der Waals surface area contributed by atoms with Gasteiger partial charge in [0, 0.05) is 24.4 Å². The molecule has 0 spiro atoms. The molecule has 0 saturated carbocycles. The second-order valence-electron chi connectivity index (χ2n) is 5.50. The normalized spacial score (nSPS) is 17.2. The van der Waals surface area contributed by atoms with Crippen molar-refractivity contribution in [3.63, 3.8) is 0 Å². The highest BCUT2D eigenvalue weighted by Gasteiger charge is 2.19. The van der Waals surface area contributed by atoms with Crippen LogP contribution in [0.2, 0.25) is 0 Å². The van der Waals surface area contributed by atoms with E-state index in [1.807, 2.05) is 11.3 Å². The largest absolute Gasteiger partial charge is 0.356 e. The van der Waals surface area contributed by atoms with Gasteiger partial charge in [-0.25, -0.2) is 0 Å². The monoisotopic (exact) mass is 295 g/mol. The van der Waals surface area contributed by atoms with Crippen LogP contribution in [0.4, 0.5) is 0 Å². The SMILES string of the molecule is NCCCC(=O)NCC1CCN(Cc2cccs2)CC1. The first kappa shape index (κ1) is 15.5. The predicted molar refractivity (Wildman–Crippen MR) is 83.6 cm³/mol. The molecule has 0 atom stereocenters. The molecule has 0 radical (unpaired) electrons. The third-order valence-electron chi connectivity index (χ3n) is 3.86. The average Bonchev–Trinajstić information content (AvgIpc) is 2.97. The Morgan fingerprint density at radius 2 is 2.25 bits per heavy atom. The number of nitrogens with two attached hydrogens (primary N) is 1. The molecule has 3 N–H and O–H groups in total. The number of thiophene rings is 1. The maximum Gasteiger partial charge on any atom is 0.220 e. The molecule has 1 saturated heterocycles. The van der Waals surface area contributed by atoms with E-state index >= 15 is 0 Å². The number of nitrogens with zero attached hydrogens (tertiary/aromatic N) is 1. The predicted octanol–water partition coefficient (Wildman–Crippen LogP) is 1.82. The fourth-order valence-corrected chi connectivity index (χ4v) is 3.33. The van der Waals surface area contributed by atoms with Crippen LogP contribution in [-0.4, -0.2) is 37.0 Å². The Kier molecular flexibility index (Phi) is 6.50. The molecule has 0 unspecified atom stereocenters. The number of rotatable bonds is 7. The topological polar surface area (TPSA) is 58.4 Å². The van der Waals surface area contributed by atoms with Crippen LogP contribution >= 0.6 is 11.3 Å². The highest BCUT2D eigenvalue weighted by atomic mass is 32.1. The molecule has 1 aromatic heterocycles. The van der Waals surface area contributed by atoms with Gasteiger partial charge < -0.3 is 11.1 Å². The summed E-state index contributed by atoms with van der Waals surface area (Å²) in [4.78, 5) is 15.5. The summed E-state index contributed by atoms with van der Waals surface area (Å²) in [7, 11) is 0. The minimum atomic E-state index is 0.150. The van der Waals surface area contributed by atoms with E-state index in [9.17, 15) is 4.79 Å². The molecule has 4 nitrogen and oxygen atoms in total. The van der Waals surface area contributed by atoms with E-state index in [-0.39, 0.29) is 5.91 Å². The maximum atomic E-state index is 11.5. The third-order valence-corrected chi connectivity index (χ3v) is 4.72. The third kappa shape index (κ3) is 5.23. The number of hydrogen-bond acceptors (Lipinski definition) is 4. The Balaban J connectivity index is 1.60. The first-order chi connectivity index (χ1) is 9.78. The summed E-state index contributed by atoms with van der Waals surface area (Å²) in [5.41, 5.74) is 5.40. The zero-order valence-electron chi connectivity index (χ0n) is 12.0. The highest BCUT2D eigenvalue weighted by Crippen LogP contribution is 2.20. The van der Waals surface area contributed by atoms with E-state index in [4.69, 9.17) is 5.73 Å². The Morgan fingerprint density at radius 3 is 2.90 bits per heavy atom. The van der Waals surface area contributed by atoms with Crippen LogP contribution in [0.5, 0.6) is 0 Å². The Labute approximate surface area is 125 Å². The summed E-state index contributed by atoms with van der Waals surface area (Å²) in [6.45, 7) is 4.78. The van der Waals surface area contributed by atoms with E-state index in [2.05, 4.69) is 27.7 Å². The minimum absolute atomic E-state index is 0.150. The van der Waals surface area contributed by atoms with Crippen molar-refractivity contribution in [3.8, 4) is 0 Å². The lowest BCUT2D eigenvalue weighted by molar-refractivity contribution is -0.121. The van der Waals surface area contributed by atoms with Gasteiger partial charge in [-0.3, -0.25) is 9.69 Å². The molecule has 0 aromatic carbocycles. The average molecular weight is 295 g/mol. The summed E-state index contributed by atoms with van der Waals surface area (Å²) in [5, 5.41) is 5.17. The second kappa shape index (κ2) is 8.39. The molecule has 1 aliphatic rings. The lowest BCUT2D eigenvalue weighted by atomic mass is 9.96. The van der Waals surface area contributed by atoms with Crippen LogP contribution in [0.3, 0.4) is 0 Å². The van der Waals surface area contributed by atoms with Gasteiger partial charge in [0.1, 0.15) is 0 Å². The summed E-state index contributed by atoms with van der Waals surface area (Å²) in [6.07, 6.45) is 3.71. The quantitative estimate of drug-likeness (QED) is 0.806. The maximum absolute atomic E-state index is 11.5. The molecule has 2 rings (SSSR count). The van der Waals surface area contributed by atoms with Crippen molar-refractivity contribution in [2.75, 3.05) is 26.2 Å². The lowest BCUT2D eigenvalue weighted by Crippen LogP contribution is -2.38. The molecular weight excluding hydrogens is 270 g/mol. The van der Waals surface area contributed by atoms with Crippen molar-refractivity contribution in [1.82, 2.24) is 10.2 Å². The van der Waals surface area contributed by atoms with E-state index in [0.717, 1.165) is 32.6 Å². The van der Waals surface area contributed by atoms with Crippen LogP contribution in [0.1, 0.15) is 30.6 Å². The number of carbonyl (C=O) groups excluding carboxylic acids is 1. The molecular formula is C15H25N3OS. The molecule has 20 heavy (non-hydrogen) atoms. The standard InChI is InChI=1S/C15H25N3OS/c16-7-1-4-15(19)17-11-13-5-8-18(9-6-13)12-14-3-2-10-20-14/h2-3,10,13H,1,4-9,11-12,16H2,(H,17,19). The van der Waals surface area contributed by atoms with Crippen LogP contribution in [-0.2, 0) is 11.3 Å². The van der Waals surface area contributed by atoms with Gasteiger partial charge in [0.2, 0.25) is 5.91 Å². The van der Waals surface area contributed by atoms with Gasteiger partial charge in [-0.15, -0.1) is 11.3 Å². The summed E-state index contributed by atoms with van der Waals surface area (Å²) >= 11 is 1.83. The fraction of sp³-hybridized carbons (Fsp3) is 0.667. The van der Waals surface area contributed by atoms with Gasteiger partial charge in [0.25, 0.3) is 0 Å². The van der Waals surface area contributed by atoms with E-state index < -0.39 is 0 Å². The first-order valence-electron chi connectivity index (χ1n) is 7.49. The number of hydrogen-bond donors (Lipinski definition) is 2. The van der Waals surface area contributed by atoms with E-state index in [1.165, 1.54) is 17.7 Å². The Bertz CT molecular complexity index is 386. The smallest absolute Gasteiger partial charge is 0.220 e. The van der Waals surface area contributed by atoms with E-state index in [1.54, 1.807) is 0 Å². The molecule has 1 fully saturated rings. The van der Waals surface area contributed by atoms with Gasteiger partial charge in [-0.05, 0) is 56.3 Å². The molecule has 5 heteroatoms. The van der Waals surface area contributed by atoms with Gasteiger partial charge in [-0.1, -0.05) is 6.07 Å². The van der Waals surface area contributed by atoms with Crippen molar-refractivity contribution in [2.45, 2.75) is 32.2 Å². The fourth-order valence-electron chi connectivity index (χ4n) is 2.58.